The van der Waals surface area contributed by atoms with E-state index >= 15 is 0 Å². The smallest absolute Gasteiger partial charge is 0.328 e. The van der Waals surface area contributed by atoms with E-state index in [1.165, 1.54) is 6.08 Å². The van der Waals surface area contributed by atoms with Gasteiger partial charge in [0, 0.05) is 25.7 Å². The maximum atomic E-state index is 11.6. The maximum absolute atomic E-state index is 11.6. The summed E-state index contributed by atoms with van der Waals surface area (Å²) in [5.41, 5.74) is 0.168. The number of carbonyl (C=O) groups excluding carboxylic acids is 1. The molecule has 0 aliphatic carbocycles. The molecule has 1 rings (SSSR count). The predicted molar refractivity (Wildman–Crippen MR) is 60.1 cm³/mol. The lowest BCUT2D eigenvalue weighted by molar-refractivity contribution is -0.134. The van der Waals surface area contributed by atoms with Crippen LogP contribution < -0.4 is 5.32 Å². The van der Waals surface area contributed by atoms with E-state index in [-0.39, 0.29) is 5.91 Å². The summed E-state index contributed by atoms with van der Waals surface area (Å²) in [7, 11) is 0. The minimum Gasteiger partial charge on any atom is -0.478 e. The molecule has 1 amide bonds. The van der Waals surface area contributed by atoms with Crippen LogP contribution in [0.3, 0.4) is 0 Å². The van der Waals surface area contributed by atoms with Crippen LogP contribution in [0.25, 0.3) is 0 Å². The van der Waals surface area contributed by atoms with Gasteiger partial charge in [-0.2, -0.15) is 0 Å². The molecule has 5 nitrogen and oxygen atoms in total. The first kappa shape index (κ1) is 12.7. The third kappa shape index (κ3) is 2.82. The Kier molecular flexibility index (Phi) is 3.70. The van der Waals surface area contributed by atoms with E-state index in [9.17, 15) is 9.59 Å². The van der Waals surface area contributed by atoms with Crippen molar-refractivity contribution >= 4 is 11.9 Å². The van der Waals surface area contributed by atoms with Crippen molar-refractivity contribution in [3.63, 3.8) is 0 Å². The van der Waals surface area contributed by atoms with Gasteiger partial charge in [0.15, 0.2) is 0 Å². The monoisotopic (exact) mass is 226 g/mol. The van der Waals surface area contributed by atoms with Crippen LogP contribution in [0.4, 0.5) is 0 Å². The Bertz CT molecular complexity index is 334. The van der Waals surface area contributed by atoms with E-state index in [0.717, 1.165) is 12.1 Å². The molecular weight excluding hydrogens is 208 g/mol. The van der Waals surface area contributed by atoms with Crippen LogP contribution in [0.15, 0.2) is 11.6 Å². The topological polar surface area (TPSA) is 69.6 Å². The normalized spacial score (nSPS) is 21.7. The highest BCUT2D eigenvalue weighted by Gasteiger charge is 2.37. The minimum absolute atomic E-state index is 0.0122. The Morgan fingerprint density at radius 2 is 2.25 bits per heavy atom. The van der Waals surface area contributed by atoms with Crippen LogP contribution in [-0.2, 0) is 9.59 Å². The first-order chi connectivity index (χ1) is 7.34. The summed E-state index contributed by atoms with van der Waals surface area (Å²) in [5.74, 6) is -0.960. The molecule has 0 spiro atoms. The second-order valence-corrected chi connectivity index (χ2v) is 4.57. The van der Waals surface area contributed by atoms with Gasteiger partial charge in [-0.25, -0.2) is 4.79 Å². The number of carbonyl (C=O) groups is 2. The summed E-state index contributed by atoms with van der Waals surface area (Å²) in [6.07, 6.45) is 1.18. The second kappa shape index (κ2) is 4.65. The summed E-state index contributed by atoms with van der Waals surface area (Å²) >= 11 is 0. The number of hydrogen-bond acceptors (Lipinski definition) is 3. The van der Waals surface area contributed by atoms with E-state index in [0.29, 0.717) is 13.1 Å². The third-order valence-electron chi connectivity index (χ3n) is 2.82. The molecule has 1 aliphatic rings. The molecule has 0 aromatic heterocycles. The lowest BCUT2D eigenvalue weighted by atomic mass is 9.98. The molecule has 5 heteroatoms. The number of nitrogens with zero attached hydrogens (tertiary/aromatic N) is 1. The van der Waals surface area contributed by atoms with Gasteiger partial charge >= 0.3 is 5.97 Å². The molecule has 0 atom stereocenters. The van der Waals surface area contributed by atoms with Gasteiger partial charge in [0.2, 0.25) is 5.91 Å². The van der Waals surface area contributed by atoms with Gasteiger partial charge in [-0.3, -0.25) is 9.69 Å². The molecule has 1 aliphatic heterocycles. The van der Waals surface area contributed by atoms with Gasteiger partial charge in [0.05, 0.1) is 5.54 Å². The number of aliphatic carboxylic acids is 1. The average molecular weight is 226 g/mol. The van der Waals surface area contributed by atoms with E-state index in [1.54, 1.807) is 6.92 Å². The number of rotatable bonds is 3. The number of amides is 1. The summed E-state index contributed by atoms with van der Waals surface area (Å²) in [6.45, 7) is 7.31. The number of hydrogen-bond donors (Lipinski definition) is 2. The second-order valence-electron chi connectivity index (χ2n) is 4.57. The molecule has 0 saturated carbocycles. The van der Waals surface area contributed by atoms with Crippen molar-refractivity contribution in [1.82, 2.24) is 10.2 Å². The molecular formula is C11H18N2O3. The van der Waals surface area contributed by atoms with Crippen molar-refractivity contribution in [2.45, 2.75) is 26.3 Å². The standard InChI is InChI=1S/C11H18N2O3/c1-8(6-9(14)15)7-13-5-4-12-10(16)11(13,2)3/h6H,4-5,7H2,1-3H3,(H,12,16)(H,14,15). The Morgan fingerprint density at radius 3 is 2.81 bits per heavy atom. The fraction of sp³-hybridized carbons (Fsp3) is 0.636. The number of carboxylic acids is 1. The van der Waals surface area contributed by atoms with E-state index in [4.69, 9.17) is 5.11 Å². The molecule has 2 N–H and O–H groups in total. The Morgan fingerprint density at radius 1 is 1.62 bits per heavy atom. The van der Waals surface area contributed by atoms with Gasteiger partial charge in [0.1, 0.15) is 0 Å². The van der Waals surface area contributed by atoms with Crippen LogP contribution >= 0.6 is 0 Å². The van der Waals surface area contributed by atoms with Crippen LogP contribution in [0.1, 0.15) is 20.8 Å². The van der Waals surface area contributed by atoms with Crippen molar-refractivity contribution in [2.75, 3.05) is 19.6 Å². The first-order valence-electron chi connectivity index (χ1n) is 5.27. The molecule has 0 radical (unpaired) electrons. The zero-order valence-electron chi connectivity index (χ0n) is 9.91. The maximum Gasteiger partial charge on any atom is 0.328 e. The Hall–Kier alpha value is -1.36. The zero-order chi connectivity index (χ0) is 12.3. The number of nitrogens with one attached hydrogen (secondary N) is 1. The molecule has 0 unspecified atom stereocenters. The molecule has 1 saturated heterocycles. The molecule has 90 valence electrons. The molecule has 0 aromatic carbocycles. The van der Waals surface area contributed by atoms with Crippen LogP contribution in [0.5, 0.6) is 0 Å². The molecule has 0 aromatic rings. The highest BCUT2D eigenvalue weighted by Crippen LogP contribution is 2.18. The van der Waals surface area contributed by atoms with Crippen molar-refractivity contribution in [1.29, 1.82) is 0 Å². The summed E-state index contributed by atoms with van der Waals surface area (Å²) in [4.78, 5) is 24.1. The number of piperazine rings is 1. The molecule has 0 bridgehead atoms. The van der Waals surface area contributed by atoms with Crippen LogP contribution in [0, 0.1) is 0 Å². The van der Waals surface area contributed by atoms with Gasteiger partial charge < -0.3 is 10.4 Å². The Balaban J connectivity index is 2.73. The van der Waals surface area contributed by atoms with E-state index in [2.05, 4.69) is 5.32 Å². The zero-order valence-corrected chi connectivity index (χ0v) is 9.91. The summed E-state index contributed by atoms with van der Waals surface area (Å²) in [6, 6.07) is 0. The highest BCUT2D eigenvalue weighted by molar-refractivity contribution is 5.86. The van der Waals surface area contributed by atoms with Gasteiger partial charge in [-0.05, 0) is 20.8 Å². The highest BCUT2D eigenvalue weighted by atomic mass is 16.4. The fourth-order valence-corrected chi connectivity index (χ4v) is 1.78. The van der Waals surface area contributed by atoms with Crippen LogP contribution in [-0.4, -0.2) is 47.1 Å². The van der Waals surface area contributed by atoms with E-state index in [1.807, 2.05) is 18.7 Å². The molecule has 1 heterocycles. The fourth-order valence-electron chi connectivity index (χ4n) is 1.78. The predicted octanol–water partition coefficient (Wildman–Crippen LogP) is 0.228. The van der Waals surface area contributed by atoms with Crippen molar-refractivity contribution in [2.24, 2.45) is 0 Å². The third-order valence-corrected chi connectivity index (χ3v) is 2.82. The lowest BCUT2D eigenvalue weighted by Gasteiger charge is -2.41. The first-order valence-corrected chi connectivity index (χ1v) is 5.27. The summed E-state index contributed by atoms with van der Waals surface area (Å²) in [5, 5.41) is 11.4. The molecule has 1 fully saturated rings. The quantitative estimate of drug-likeness (QED) is 0.676. The number of carboxylic acid groups (broad SMARTS) is 1. The van der Waals surface area contributed by atoms with Gasteiger partial charge in [-0.1, -0.05) is 5.57 Å². The van der Waals surface area contributed by atoms with Gasteiger partial charge in [-0.15, -0.1) is 0 Å². The SMILES string of the molecule is CC(=CC(=O)O)CN1CCNC(=O)C1(C)C. The van der Waals surface area contributed by atoms with Gasteiger partial charge in [0.25, 0.3) is 0 Å². The van der Waals surface area contributed by atoms with Crippen molar-refractivity contribution in [3.8, 4) is 0 Å². The van der Waals surface area contributed by atoms with Crippen molar-refractivity contribution < 1.29 is 14.7 Å². The van der Waals surface area contributed by atoms with E-state index < -0.39 is 11.5 Å². The largest absolute Gasteiger partial charge is 0.478 e. The van der Waals surface area contributed by atoms with Crippen molar-refractivity contribution in [3.05, 3.63) is 11.6 Å². The lowest BCUT2D eigenvalue weighted by Crippen LogP contribution is -2.61. The Labute approximate surface area is 95.1 Å². The van der Waals surface area contributed by atoms with Crippen LogP contribution in [0.2, 0.25) is 0 Å². The minimum atomic E-state index is -0.947. The average Bonchev–Trinajstić information content (AvgIpc) is 2.12. The summed E-state index contributed by atoms with van der Waals surface area (Å²) < 4.78 is 0. The molecule has 16 heavy (non-hydrogen) atoms.